The van der Waals surface area contributed by atoms with Gasteiger partial charge in [-0.25, -0.2) is 5.43 Å². The summed E-state index contributed by atoms with van der Waals surface area (Å²) >= 11 is 0. The number of rotatable bonds is 7. The van der Waals surface area contributed by atoms with Crippen molar-refractivity contribution >= 4 is 11.6 Å². The van der Waals surface area contributed by atoms with Gasteiger partial charge in [0.15, 0.2) is 11.5 Å². The Hall–Kier alpha value is -3.02. The number of nitrogens with zero attached hydrogens (tertiary/aromatic N) is 1. The van der Waals surface area contributed by atoms with Gasteiger partial charge in [0.05, 0.1) is 27.0 Å². The Morgan fingerprint density at radius 1 is 0.920 bits per heavy atom. The zero-order valence-electron chi connectivity index (χ0n) is 14.8. The summed E-state index contributed by atoms with van der Waals surface area (Å²) in [5.41, 5.74) is 4.73. The fourth-order valence-corrected chi connectivity index (χ4v) is 2.29. The molecule has 6 nitrogen and oxygen atoms in total. The van der Waals surface area contributed by atoms with Gasteiger partial charge in [-0.1, -0.05) is 6.92 Å². The zero-order chi connectivity index (χ0) is 18.2. The van der Waals surface area contributed by atoms with E-state index in [1.807, 2.05) is 31.2 Å². The summed E-state index contributed by atoms with van der Waals surface area (Å²) in [6, 6.07) is 12.5. The number of carbonyl (C=O) groups is 1. The average molecular weight is 342 g/mol. The molecule has 0 saturated heterocycles. The van der Waals surface area contributed by atoms with E-state index in [1.165, 1.54) is 7.11 Å². The zero-order valence-corrected chi connectivity index (χ0v) is 14.8. The summed E-state index contributed by atoms with van der Waals surface area (Å²) < 4.78 is 15.5. The van der Waals surface area contributed by atoms with Crippen molar-refractivity contribution in [3.05, 3.63) is 53.6 Å². The molecule has 6 heteroatoms. The number of hydrogen-bond acceptors (Lipinski definition) is 5. The molecule has 0 bridgehead atoms. The number of hydrogen-bond donors (Lipinski definition) is 1. The van der Waals surface area contributed by atoms with Crippen LogP contribution in [0, 0.1) is 0 Å². The normalized spacial score (nSPS) is 11.0. The van der Waals surface area contributed by atoms with Crippen molar-refractivity contribution in [3.63, 3.8) is 0 Å². The maximum atomic E-state index is 12.3. The van der Waals surface area contributed by atoms with E-state index in [9.17, 15) is 4.79 Å². The maximum absolute atomic E-state index is 12.3. The third kappa shape index (κ3) is 4.50. The molecular formula is C19H22N2O4. The van der Waals surface area contributed by atoms with Crippen LogP contribution in [-0.4, -0.2) is 32.9 Å². The molecule has 0 aliphatic heterocycles. The Balaban J connectivity index is 2.16. The maximum Gasteiger partial charge on any atom is 0.271 e. The SMILES string of the molecule is CC/C(=N/NC(=O)c1ccc(OC)c(OC)c1)c1ccc(OC)cc1. The Kier molecular flexibility index (Phi) is 6.39. The molecule has 0 spiro atoms. The Labute approximate surface area is 147 Å². The number of hydrazone groups is 1. The van der Waals surface area contributed by atoms with E-state index >= 15 is 0 Å². The first kappa shape index (κ1) is 18.3. The standard InChI is InChI=1S/C19H22N2O4/c1-5-16(13-6-9-15(23-2)10-7-13)20-21-19(22)14-8-11-17(24-3)18(12-14)25-4/h6-12H,5H2,1-4H3,(H,21,22)/b20-16-. The first-order valence-electron chi connectivity index (χ1n) is 7.86. The van der Waals surface area contributed by atoms with Crippen molar-refractivity contribution in [2.24, 2.45) is 5.10 Å². The summed E-state index contributed by atoms with van der Waals surface area (Å²) in [4.78, 5) is 12.3. The molecule has 0 saturated carbocycles. The first-order chi connectivity index (χ1) is 12.1. The summed E-state index contributed by atoms with van der Waals surface area (Å²) in [5, 5.41) is 4.25. The molecule has 132 valence electrons. The van der Waals surface area contributed by atoms with Gasteiger partial charge >= 0.3 is 0 Å². The smallest absolute Gasteiger partial charge is 0.271 e. The van der Waals surface area contributed by atoms with Crippen molar-refractivity contribution in [3.8, 4) is 17.2 Å². The minimum Gasteiger partial charge on any atom is -0.497 e. The molecule has 1 amide bonds. The van der Waals surface area contributed by atoms with Crippen molar-refractivity contribution in [2.45, 2.75) is 13.3 Å². The second kappa shape index (κ2) is 8.73. The number of amides is 1. The fourth-order valence-electron chi connectivity index (χ4n) is 2.29. The van der Waals surface area contributed by atoms with Crippen LogP contribution in [0.2, 0.25) is 0 Å². The van der Waals surface area contributed by atoms with Gasteiger partial charge in [-0.05, 0) is 54.4 Å². The molecule has 2 aromatic carbocycles. The van der Waals surface area contributed by atoms with E-state index in [4.69, 9.17) is 14.2 Å². The molecule has 0 aliphatic carbocycles. The Morgan fingerprint density at radius 2 is 1.56 bits per heavy atom. The topological polar surface area (TPSA) is 69.2 Å². The highest BCUT2D eigenvalue weighted by atomic mass is 16.5. The van der Waals surface area contributed by atoms with Crippen molar-refractivity contribution in [2.75, 3.05) is 21.3 Å². The highest BCUT2D eigenvalue weighted by molar-refractivity contribution is 6.02. The number of ether oxygens (including phenoxy) is 3. The van der Waals surface area contributed by atoms with E-state index in [0.29, 0.717) is 23.5 Å². The third-order valence-electron chi connectivity index (χ3n) is 3.70. The van der Waals surface area contributed by atoms with E-state index in [1.54, 1.807) is 32.4 Å². The fraction of sp³-hybridized carbons (Fsp3) is 0.263. The lowest BCUT2D eigenvalue weighted by Gasteiger charge is -2.09. The molecule has 1 N–H and O–H groups in total. The lowest BCUT2D eigenvalue weighted by molar-refractivity contribution is 0.0954. The van der Waals surface area contributed by atoms with Crippen LogP contribution in [0.25, 0.3) is 0 Å². The molecular weight excluding hydrogens is 320 g/mol. The molecule has 0 unspecified atom stereocenters. The predicted octanol–water partition coefficient (Wildman–Crippen LogP) is 3.26. The van der Waals surface area contributed by atoms with Gasteiger partial charge in [0.2, 0.25) is 0 Å². The summed E-state index contributed by atoms with van der Waals surface area (Å²) in [5.74, 6) is 1.51. The van der Waals surface area contributed by atoms with E-state index in [0.717, 1.165) is 17.0 Å². The molecule has 2 aromatic rings. The quantitative estimate of drug-likeness (QED) is 0.619. The minimum atomic E-state index is -0.319. The van der Waals surface area contributed by atoms with Crippen molar-refractivity contribution in [1.82, 2.24) is 5.43 Å². The average Bonchev–Trinajstić information content (AvgIpc) is 2.68. The van der Waals surface area contributed by atoms with Gasteiger partial charge in [-0.2, -0.15) is 5.10 Å². The molecule has 0 aliphatic rings. The molecule has 0 heterocycles. The number of benzene rings is 2. The number of nitrogens with one attached hydrogen (secondary N) is 1. The van der Waals surface area contributed by atoms with Crippen molar-refractivity contribution < 1.29 is 19.0 Å². The summed E-state index contributed by atoms with van der Waals surface area (Å²) in [6.45, 7) is 1.98. The molecule has 25 heavy (non-hydrogen) atoms. The molecule has 0 radical (unpaired) electrons. The van der Waals surface area contributed by atoms with Gasteiger partial charge in [0, 0.05) is 5.56 Å². The second-order valence-corrected chi connectivity index (χ2v) is 5.15. The van der Waals surface area contributed by atoms with Crippen LogP contribution in [0.1, 0.15) is 29.3 Å². The van der Waals surface area contributed by atoms with Crippen LogP contribution in [0.15, 0.2) is 47.6 Å². The molecule has 0 atom stereocenters. The van der Waals surface area contributed by atoms with Gasteiger partial charge in [-0.3, -0.25) is 4.79 Å². The van der Waals surface area contributed by atoms with E-state index in [-0.39, 0.29) is 5.91 Å². The van der Waals surface area contributed by atoms with E-state index < -0.39 is 0 Å². The van der Waals surface area contributed by atoms with Crippen molar-refractivity contribution in [1.29, 1.82) is 0 Å². The van der Waals surface area contributed by atoms with Crippen LogP contribution in [-0.2, 0) is 0 Å². The second-order valence-electron chi connectivity index (χ2n) is 5.15. The lowest BCUT2D eigenvalue weighted by atomic mass is 10.1. The molecule has 0 fully saturated rings. The van der Waals surface area contributed by atoms with Gasteiger partial charge in [0.1, 0.15) is 5.75 Å². The Bertz CT molecular complexity index is 755. The van der Waals surface area contributed by atoms with Crippen LogP contribution in [0.5, 0.6) is 17.2 Å². The summed E-state index contributed by atoms with van der Waals surface area (Å²) in [6.07, 6.45) is 0.679. The third-order valence-corrected chi connectivity index (χ3v) is 3.70. The van der Waals surface area contributed by atoms with E-state index in [2.05, 4.69) is 10.5 Å². The van der Waals surface area contributed by atoms with Crippen LogP contribution >= 0.6 is 0 Å². The van der Waals surface area contributed by atoms with Crippen LogP contribution in [0.3, 0.4) is 0 Å². The lowest BCUT2D eigenvalue weighted by Crippen LogP contribution is -2.20. The predicted molar refractivity (Wildman–Crippen MR) is 96.8 cm³/mol. The van der Waals surface area contributed by atoms with Gasteiger partial charge in [0.25, 0.3) is 5.91 Å². The molecule has 0 aromatic heterocycles. The van der Waals surface area contributed by atoms with Gasteiger partial charge in [-0.15, -0.1) is 0 Å². The van der Waals surface area contributed by atoms with Crippen LogP contribution < -0.4 is 19.6 Å². The number of carbonyl (C=O) groups excluding carboxylic acids is 1. The van der Waals surface area contributed by atoms with Gasteiger partial charge < -0.3 is 14.2 Å². The number of methoxy groups -OCH3 is 3. The highest BCUT2D eigenvalue weighted by Gasteiger charge is 2.11. The van der Waals surface area contributed by atoms with Crippen LogP contribution in [0.4, 0.5) is 0 Å². The largest absolute Gasteiger partial charge is 0.497 e. The molecule has 2 rings (SSSR count). The highest BCUT2D eigenvalue weighted by Crippen LogP contribution is 2.27. The summed E-state index contributed by atoms with van der Waals surface area (Å²) in [7, 11) is 4.69. The first-order valence-corrected chi connectivity index (χ1v) is 7.86. The minimum absolute atomic E-state index is 0.319. The monoisotopic (exact) mass is 342 g/mol. The Morgan fingerprint density at radius 3 is 2.12 bits per heavy atom.